The van der Waals surface area contributed by atoms with E-state index in [1.807, 2.05) is 66.7 Å². The third-order valence-electron chi connectivity index (χ3n) is 5.17. The zero-order valence-corrected chi connectivity index (χ0v) is 19.5. The molecule has 0 bridgehead atoms. The van der Waals surface area contributed by atoms with Crippen molar-refractivity contribution in [1.82, 2.24) is 5.32 Å². The highest BCUT2D eigenvalue weighted by Crippen LogP contribution is 2.39. The quantitative estimate of drug-likeness (QED) is 0.696. The summed E-state index contributed by atoms with van der Waals surface area (Å²) in [7, 11) is 2.57. The third kappa shape index (κ3) is 5.92. The van der Waals surface area contributed by atoms with Crippen LogP contribution in [-0.4, -0.2) is 50.8 Å². The molecular formula is C22H34BNO6. The van der Waals surface area contributed by atoms with Crippen molar-refractivity contribution in [1.29, 1.82) is 0 Å². The largest absolute Gasteiger partial charge is 0.497 e. The van der Waals surface area contributed by atoms with Crippen LogP contribution < -0.4 is 14.8 Å². The SMILES string of the molecule is COc1ccc(C=C(CNC(=O)OC(C)(C)C)B2OC(C)(C)C(C)(C)O2)c(OC)c1. The molecule has 166 valence electrons. The zero-order valence-electron chi connectivity index (χ0n) is 19.5. The van der Waals surface area contributed by atoms with Gasteiger partial charge in [0.2, 0.25) is 0 Å². The summed E-state index contributed by atoms with van der Waals surface area (Å²) >= 11 is 0. The van der Waals surface area contributed by atoms with Crippen LogP contribution in [0.5, 0.6) is 11.5 Å². The van der Waals surface area contributed by atoms with Crippen molar-refractivity contribution in [3.05, 3.63) is 29.2 Å². The van der Waals surface area contributed by atoms with Crippen molar-refractivity contribution in [2.24, 2.45) is 0 Å². The number of ether oxygens (including phenoxy) is 3. The molecule has 8 heteroatoms. The summed E-state index contributed by atoms with van der Waals surface area (Å²) in [5.74, 6) is 1.33. The van der Waals surface area contributed by atoms with Crippen LogP contribution in [0.3, 0.4) is 0 Å². The number of hydrogen-bond donors (Lipinski definition) is 1. The first-order chi connectivity index (χ1) is 13.8. The Hall–Kier alpha value is -2.19. The van der Waals surface area contributed by atoms with E-state index in [1.165, 1.54) is 0 Å². The van der Waals surface area contributed by atoms with E-state index in [2.05, 4.69) is 5.32 Å². The first kappa shape index (κ1) is 24.1. The molecule has 1 fully saturated rings. The highest BCUT2D eigenvalue weighted by Gasteiger charge is 2.52. The van der Waals surface area contributed by atoms with Crippen LogP contribution in [0.2, 0.25) is 0 Å². The average molecular weight is 419 g/mol. The monoisotopic (exact) mass is 419 g/mol. The van der Waals surface area contributed by atoms with Crippen LogP contribution in [0, 0.1) is 0 Å². The van der Waals surface area contributed by atoms with Gasteiger partial charge in [0.15, 0.2) is 0 Å². The van der Waals surface area contributed by atoms with Gasteiger partial charge in [-0.25, -0.2) is 4.79 Å². The molecule has 1 aliphatic rings. The van der Waals surface area contributed by atoms with Crippen molar-refractivity contribution in [3.63, 3.8) is 0 Å². The fourth-order valence-electron chi connectivity index (χ4n) is 2.82. The lowest BCUT2D eigenvalue weighted by molar-refractivity contribution is 0.00578. The summed E-state index contributed by atoms with van der Waals surface area (Å²) in [5, 5.41) is 2.80. The Morgan fingerprint density at radius 2 is 1.70 bits per heavy atom. The summed E-state index contributed by atoms with van der Waals surface area (Å²) in [6.07, 6.45) is 1.39. The van der Waals surface area contributed by atoms with E-state index in [4.69, 9.17) is 23.5 Å². The molecular weight excluding hydrogens is 385 g/mol. The molecule has 1 aliphatic heterocycles. The van der Waals surface area contributed by atoms with Crippen molar-refractivity contribution in [3.8, 4) is 11.5 Å². The molecule has 0 atom stereocenters. The normalized spacial score (nSPS) is 18.2. The van der Waals surface area contributed by atoms with Crippen molar-refractivity contribution >= 4 is 19.3 Å². The Balaban J connectivity index is 2.34. The standard InChI is InChI=1S/C22H34BNO6/c1-20(2,3)28-19(25)24-14-16(23-29-21(4,5)22(6,7)30-23)12-15-10-11-17(26-8)13-18(15)27-9/h10-13H,14H2,1-9H3,(H,24,25). The smallest absolute Gasteiger partial charge is 0.492 e. The van der Waals surface area contributed by atoms with E-state index in [0.29, 0.717) is 11.5 Å². The van der Waals surface area contributed by atoms with Crippen molar-refractivity contribution in [2.45, 2.75) is 65.3 Å². The minimum atomic E-state index is -0.628. The number of methoxy groups -OCH3 is 2. The second-order valence-electron chi connectivity index (χ2n) is 9.27. The molecule has 0 saturated carbocycles. The zero-order chi connectivity index (χ0) is 22.7. The van der Waals surface area contributed by atoms with Gasteiger partial charge in [-0.15, -0.1) is 0 Å². The maximum absolute atomic E-state index is 12.2. The number of hydrogen-bond acceptors (Lipinski definition) is 6. The fraction of sp³-hybridized carbons (Fsp3) is 0.591. The molecule has 1 N–H and O–H groups in total. The minimum Gasteiger partial charge on any atom is -0.497 e. The highest BCUT2D eigenvalue weighted by molar-refractivity contribution is 6.56. The number of benzene rings is 1. The predicted octanol–water partition coefficient (Wildman–Crippen LogP) is 4.24. The molecule has 1 aromatic rings. The van der Waals surface area contributed by atoms with Gasteiger partial charge in [-0.2, -0.15) is 0 Å². The third-order valence-corrected chi connectivity index (χ3v) is 5.17. The molecule has 1 heterocycles. The van der Waals surface area contributed by atoms with Gasteiger partial charge < -0.3 is 28.8 Å². The second kappa shape index (κ2) is 8.90. The van der Waals surface area contributed by atoms with E-state index in [1.54, 1.807) is 20.3 Å². The maximum Gasteiger partial charge on any atom is 0.492 e. The Labute approximate surface area is 180 Å². The number of carbonyl (C=O) groups is 1. The van der Waals surface area contributed by atoms with Gasteiger partial charge in [0.25, 0.3) is 0 Å². The molecule has 30 heavy (non-hydrogen) atoms. The molecule has 2 rings (SSSR count). The van der Waals surface area contributed by atoms with E-state index in [0.717, 1.165) is 11.0 Å². The molecule has 7 nitrogen and oxygen atoms in total. The molecule has 1 amide bonds. The minimum absolute atomic E-state index is 0.195. The van der Waals surface area contributed by atoms with Crippen LogP contribution in [0.1, 0.15) is 54.0 Å². The van der Waals surface area contributed by atoms with Crippen LogP contribution in [0.15, 0.2) is 23.7 Å². The molecule has 0 radical (unpaired) electrons. The van der Waals surface area contributed by atoms with Crippen LogP contribution in [-0.2, 0) is 14.0 Å². The molecule has 1 aromatic carbocycles. The molecule has 0 unspecified atom stereocenters. The Morgan fingerprint density at radius 1 is 1.10 bits per heavy atom. The summed E-state index contributed by atoms with van der Waals surface area (Å²) in [6.45, 7) is 13.6. The lowest BCUT2D eigenvalue weighted by Crippen LogP contribution is -2.41. The van der Waals surface area contributed by atoms with Crippen molar-refractivity contribution < 1.29 is 28.3 Å². The van der Waals surface area contributed by atoms with Crippen LogP contribution in [0.25, 0.3) is 6.08 Å². The second-order valence-corrected chi connectivity index (χ2v) is 9.27. The van der Waals surface area contributed by atoms with Gasteiger partial charge >= 0.3 is 13.2 Å². The van der Waals surface area contributed by atoms with E-state index in [9.17, 15) is 4.79 Å². The lowest BCUT2D eigenvalue weighted by atomic mass is 9.77. The number of amides is 1. The number of rotatable bonds is 6. The molecule has 0 spiro atoms. The number of carbonyl (C=O) groups excluding carboxylic acids is 1. The maximum atomic E-state index is 12.2. The Bertz CT molecular complexity index is 781. The lowest BCUT2D eigenvalue weighted by Gasteiger charge is -2.32. The van der Waals surface area contributed by atoms with Crippen LogP contribution >= 0.6 is 0 Å². The Morgan fingerprint density at radius 3 is 2.20 bits per heavy atom. The Kier molecular flexibility index (Phi) is 7.14. The fourth-order valence-corrected chi connectivity index (χ4v) is 2.82. The molecule has 0 aliphatic carbocycles. The molecule has 0 aromatic heterocycles. The van der Waals surface area contributed by atoms with E-state index < -0.39 is 30.0 Å². The topological polar surface area (TPSA) is 75.3 Å². The first-order valence-corrected chi connectivity index (χ1v) is 10.0. The van der Waals surface area contributed by atoms with Gasteiger partial charge in [0.05, 0.1) is 25.4 Å². The van der Waals surface area contributed by atoms with Gasteiger partial charge in [-0.3, -0.25) is 0 Å². The van der Waals surface area contributed by atoms with Crippen molar-refractivity contribution in [2.75, 3.05) is 20.8 Å². The van der Waals surface area contributed by atoms with Crippen LogP contribution in [0.4, 0.5) is 4.79 Å². The number of alkyl carbamates (subject to hydrolysis) is 1. The summed E-state index contributed by atoms with van der Waals surface area (Å²) < 4.78 is 28.5. The summed E-state index contributed by atoms with van der Waals surface area (Å²) in [5.41, 5.74) is -0.0476. The first-order valence-electron chi connectivity index (χ1n) is 10.0. The van der Waals surface area contributed by atoms with Gasteiger partial charge in [0.1, 0.15) is 17.1 Å². The summed E-state index contributed by atoms with van der Waals surface area (Å²) in [6, 6.07) is 5.53. The predicted molar refractivity (Wildman–Crippen MR) is 118 cm³/mol. The van der Waals surface area contributed by atoms with Gasteiger partial charge in [-0.1, -0.05) is 6.08 Å². The van der Waals surface area contributed by atoms with Gasteiger partial charge in [0, 0.05) is 18.2 Å². The van der Waals surface area contributed by atoms with Gasteiger partial charge in [-0.05, 0) is 66.1 Å². The summed E-state index contributed by atoms with van der Waals surface area (Å²) in [4.78, 5) is 12.2. The highest BCUT2D eigenvalue weighted by atomic mass is 16.7. The average Bonchev–Trinajstić information content (AvgIpc) is 2.84. The van der Waals surface area contributed by atoms with E-state index >= 15 is 0 Å². The number of nitrogens with one attached hydrogen (secondary N) is 1. The van der Waals surface area contributed by atoms with E-state index in [-0.39, 0.29) is 6.54 Å². The molecule has 1 saturated heterocycles.